The number of rotatable bonds is 13. The monoisotopic (exact) mass is 617 g/mol. The Labute approximate surface area is 238 Å². The number of ether oxygens (including phenoxy) is 2. The van der Waals surface area contributed by atoms with Crippen LogP contribution in [0.1, 0.15) is 63.4 Å². The molecule has 2 fully saturated rings. The molecule has 7 nitrogen and oxygen atoms in total. The molecule has 10 heteroatoms. The van der Waals surface area contributed by atoms with Crippen LogP contribution in [0.2, 0.25) is 15.9 Å². The fraction of sp³-hybridized carbons (Fsp3) is 0.750. The summed E-state index contributed by atoms with van der Waals surface area (Å²) in [5.74, 6) is -0.163. The van der Waals surface area contributed by atoms with Gasteiger partial charge in [-0.1, -0.05) is 11.6 Å². The average molecular weight is 618 g/mol. The number of carbonyl (C=O) groups excluding carboxylic acids is 1. The standard InChI is InChI=1S/C28H44AsClFN2O5/c1-29-18-24(34)23(17-20-9-4-3-5-10-20)32-27(35)33-14-16-38-25(19-33)28(36,13-6-7-15-37-2)21-11-8-12-22(30)26(21)31/h8,11-12,20,23-25,34,36H,3-7,9-10,13-19H2,1-2H3,(H,32,35). The molecule has 215 valence electrons. The molecule has 0 aromatic heterocycles. The van der Waals surface area contributed by atoms with Crippen molar-refractivity contribution in [3.05, 3.63) is 34.6 Å². The van der Waals surface area contributed by atoms with E-state index in [9.17, 15) is 15.0 Å². The van der Waals surface area contributed by atoms with Crippen LogP contribution in [0.5, 0.6) is 0 Å². The number of benzene rings is 1. The molecule has 1 saturated heterocycles. The van der Waals surface area contributed by atoms with E-state index in [0.717, 1.165) is 24.5 Å². The van der Waals surface area contributed by atoms with Crippen molar-refractivity contribution in [1.29, 1.82) is 0 Å². The van der Waals surface area contributed by atoms with Crippen molar-refractivity contribution in [3.63, 3.8) is 0 Å². The zero-order chi connectivity index (χ0) is 27.5. The van der Waals surface area contributed by atoms with Crippen molar-refractivity contribution < 1.29 is 28.9 Å². The van der Waals surface area contributed by atoms with Gasteiger partial charge in [0.05, 0.1) is 0 Å². The number of morpholine rings is 1. The van der Waals surface area contributed by atoms with E-state index in [1.165, 1.54) is 31.4 Å². The summed E-state index contributed by atoms with van der Waals surface area (Å²) in [6.07, 6.45) is 6.82. The zero-order valence-electron chi connectivity index (χ0n) is 22.7. The van der Waals surface area contributed by atoms with E-state index in [-0.39, 0.29) is 58.0 Å². The fourth-order valence-corrected chi connectivity index (χ4v) is 7.22. The van der Waals surface area contributed by atoms with Crippen molar-refractivity contribution in [2.24, 2.45) is 5.92 Å². The molecule has 0 spiro atoms. The number of amides is 2. The van der Waals surface area contributed by atoms with Gasteiger partial charge in [0.1, 0.15) is 0 Å². The first-order valence-corrected chi connectivity index (χ1v) is 17.4. The Bertz CT molecular complexity index is 878. The van der Waals surface area contributed by atoms with Gasteiger partial charge in [0, 0.05) is 13.7 Å². The van der Waals surface area contributed by atoms with Gasteiger partial charge < -0.3 is 4.74 Å². The molecule has 3 N–H and O–H groups in total. The van der Waals surface area contributed by atoms with Crippen molar-refractivity contribution in [2.45, 2.75) is 92.6 Å². The van der Waals surface area contributed by atoms with Gasteiger partial charge in [-0.05, 0) is 6.07 Å². The van der Waals surface area contributed by atoms with Gasteiger partial charge in [0.25, 0.3) is 0 Å². The topological polar surface area (TPSA) is 91.3 Å². The Morgan fingerprint density at radius 3 is 2.82 bits per heavy atom. The van der Waals surface area contributed by atoms with Gasteiger partial charge in [-0.2, -0.15) is 0 Å². The Hall–Kier alpha value is -0.892. The van der Waals surface area contributed by atoms with Crippen LogP contribution in [0.25, 0.3) is 0 Å². The molecule has 38 heavy (non-hydrogen) atoms. The summed E-state index contributed by atoms with van der Waals surface area (Å²) in [6.45, 7) is 1.20. The summed E-state index contributed by atoms with van der Waals surface area (Å²) in [6, 6.07) is 4.01. The van der Waals surface area contributed by atoms with Gasteiger partial charge >= 0.3 is 203 Å². The third-order valence-corrected chi connectivity index (χ3v) is 9.76. The Balaban J connectivity index is 1.75. The minimum absolute atomic E-state index is 0.0203. The van der Waals surface area contributed by atoms with Crippen LogP contribution in [0, 0.1) is 11.7 Å². The number of unbranched alkanes of at least 4 members (excludes halogenated alkanes) is 1. The molecule has 1 radical (unpaired) electrons. The van der Waals surface area contributed by atoms with E-state index in [0.29, 0.717) is 31.9 Å². The number of nitrogens with zero attached hydrogens (tertiary/aromatic N) is 1. The SMILES string of the molecule is COCCCCC(O)(c1cccc(Cl)c1F)C1CN(C(=O)NC(CC2CCCCC2)C(O)C[As]C)CCO1. The Kier molecular flexibility index (Phi) is 13.1. The molecular formula is C28H44AsClFN2O5. The maximum absolute atomic E-state index is 15.1. The van der Waals surface area contributed by atoms with E-state index in [1.807, 2.05) is 0 Å². The van der Waals surface area contributed by atoms with Gasteiger partial charge in [-0.15, -0.1) is 0 Å². The third kappa shape index (κ3) is 8.55. The van der Waals surface area contributed by atoms with Gasteiger partial charge in [-0.3, -0.25) is 0 Å². The summed E-state index contributed by atoms with van der Waals surface area (Å²) in [5.41, 5.74) is 0.523. The van der Waals surface area contributed by atoms with E-state index in [1.54, 1.807) is 18.1 Å². The summed E-state index contributed by atoms with van der Waals surface area (Å²) < 4.78 is 26.3. The van der Waals surface area contributed by atoms with Crippen LogP contribution in [-0.2, 0) is 15.1 Å². The quantitative estimate of drug-likeness (QED) is 0.219. The number of hydrogen-bond acceptors (Lipinski definition) is 5. The van der Waals surface area contributed by atoms with E-state index < -0.39 is 23.6 Å². The number of carbonyl (C=O) groups is 1. The molecule has 2 aliphatic rings. The van der Waals surface area contributed by atoms with E-state index >= 15 is 4.39 Å². The molecule has 1 aromatic rings. The van der Waals surface area contributed by atoms with Crippen LogP contribution < -0.4 is 5.32 Å². The number of urea groups is 1. The third-order valence-electron chi connectivity index (χ3n) is 7.92. The number of aliphatic hydroxyl groups excluding tert-OH is 1. The van der Waals surface area contributed by atoms with E-state index in [4.69, 9.17) is 21.1 Å². The number of nitrogens with one attached hydrogen (secondary N) is 1. The van der Waals surface area contributed by atoms with Crippen LogP contribution >= 0.6 is 11.6 Å². The number of aliphatic hydroxyl groups is 2. The summed E-state index contributed by atoms with van der Waals surface area (Å²) in [7, 11) is 1.62. The second-order valence-corrected chi connectivity index (χ2v) is 13.1. The van der Waals surface area contributed by atoms with Crippen molar-refractivity contribution >= 4 is 33.4 Å². The number of methoxy groups -OCH3 is 1. The summed E-state index contributed by atoms with van der Waals surface area (Å²) in [5, 5.41) is 26.5. The summed E-state index contributed by atoms with van der Waals surface area (Å²) >= 11 is 6.09. The molecule has 1 heterocycles. The molecule has 4 atom stereocenters. The van der Waals surface area contributed by atoms with Crippen LogP contribution in [0.4, 0.5) is 9.18 Å². The van der Waals surface area contributed by atoms with Crippen LogP contribution in [0.15, 0.2) is 18.2 Å². The first kappa shape index (κ1) is 31.6. The molecule has 0 bridgehead atoms. The van der Waals surface area contributed by atoms with Crippen molar-refractivity contribution in [2.75, 3.05) is 33.4 Å². The molecule has 1 saturated carbocycles. The Morgan fingerprint density at radius 1 is 1.34 bits per heavy atom. The molecule has 3 rings (SSSR count). The van der Waals surface area contributed by atoms with Crippen molar-refractivity contribution in [3.8, 4) is 0 Å². The molecular weight excluding hydrogens is 574 g/mol. The number of halogens is 2. The molecule has 1 aromatic carbocycles. The van der Waals surface area contributed by atoms with Crippen molar-refractivity contribution in [1.82, 2.24) is 10.2 Å². The second kappa shape index (κ2) is 15.8. The predicted molar refractivity (Wildman–Crippen MR) is 148 cm³/mol. The zero-order valence-corrected chi connectivity index (χ0v) is 25.3. The molecule has 4 unspecified atom stereocenters. The first-order chi connectivity index (χ1) is 18.3. The minimum atomic E-state index is -1.67. The average Bonchev–Trinajstić information content (AvgIpc) is 2.93. The predicted octanol–water partition coefficient (Wildman–Crippen LogP) is 4.76. The Morgan fingerprint density at radius 2 is 2.11 bits per heavy atom. The molecule has 1 aliphatic carbocycles. The van der Waals surface area contributed by atoms with E-state index in [2.05, 4.69) is 11.0 Å². The first-order valence-electron chi connectivity index (χ1n) is 13.9. The normalized spacial score (nSPS) is 22.4. The van der Waals surface area contributed by atoms with Gasteiger partial charge in [0.15, 0.2) is 0 Å². The summed E-state index contributed by atoms with van der Waals surface area (Å²) in [4.78, 5) is 15.1. The fourth-order valence-electron chi connectivity index (χ4n) is 5.73. The maximum atomic E-state index is 15.1. The second-order valence-electron chi connectivity index (χ2n) is 10.6. The molecule has 2 amide bonds. The van der Waals surface area contributed by atoms with Gasteiger partial charge in [-0.25, -0.2) is 0 Å². The number of hydrogen-bond donors (Lipinski definition) is 3. The molecule has 1 aliphatic heterocycles. The van der Waals surface area contributed by atoms with Crippen LogP contribution in [-0.4, -0.2) is 88.6 Å². The van der Waals surface area contributed by atoms with Crippen LogP contribution in [0.3, 0.4) is 0 Å². The van der Waals surface area contributed by atoms with Gasteiger partial charge in [0.2, 0.25) is 0 Å².